The first-order valence-corrected chi connectivity index (χ1v) is 32.2. The Morgan fingerprint density at radius 3 is 1.09 bits per heavy atom. The van der Waals surface area contributed by atoms with Crippen molar-refractivity contribution in [3.63, 3.8) is 0 Å². The van der Waals surface area contributed by atoms with Crippen molar-refractivity contribution >= 4 is 83.9 Å². The Kier molecular flexibility index (Phi) is 15.7. The maximum Gasteiger partial charge on any atom is 0.129 e. The van der Waals surface area contributed by atoms with Crippen molar-refractivity contribution in [2.75, 3.05) is 4.90 Å². The molecule has 446 valence electrons. The van der Waals surface area contributed by atoms with Gasteiger partial charge in [0.15, 0.2) is 0 Å². The van der Waals surface area contributed by atoms with Crippen molar-refractivity contribution in [1.82, 2.24) is 13.3 Å². The zero-order valence-electron chi connectivity index (χ0n) is 52.8. The predicted octanol–water partition coefficient (Wildman–Crippen LogP) is 22.8. The number of nitriles is 2. The number of hydrogen-bond acceptors (Lipinski definition) is 6. The number of aromatic nitrogens is 3. The smallest absolute Gasteiger partial charge is 0.129 e. The van der Waals surface area contributed by atoms with E-state index in [1.165, 1.54) is 44.7 Å². The third kappa shape index (κ3) is 11.5. The summed E-state index contributed by atoms with van der Waals surface area (Å²) in [7, 11) is 0. The maximum atomic E-state index is 10.8. The Morgan fingerprint density at radius 1 is 0.366 bits per heavy atom. The summed E-state index contributed by atoms with van der Waals surface area (Å²) in [5, 5.41) is 24.0. The number of allylic oxidation sites excluding steroid dienone is 2. The summed E-state index contributed by atoms with van der Waals surface area (Å²) in [5.41, 5.74) is 25.4. The molecule has 0 unspecified atom stereocenters. The van der Waals surface area contributed by atoms with E-state index in [0.29, 0.717) is 11.1 Å². The van der Waals surface area contributed by atoms with Crippen LogP contribution in [0.4, 0.5) is 17.1 Å². The quantitative estimate of drug-likeness (QED) is 0.0849. The van der Waals surface area contributed by atoms with Crippen molar-refractivity contribution in [2.45, 2.75) is 52.4 Å². The van der Waals surface area contributed by atoms with Crippen LogP contribution in [0, 0.1) is 22.7 Å². The normalized spacial score (nSPS) is 11.5. The van der Waals surface area contributed by atoms with Crippen LogP contribution >= 0.6 is 11.7 Å². The van der Waals surface area contributed by atoms with Gasteiger partial charge < -0.3 is 9.47 Å². The van der Waals surface area contributed by atoms with E-state index in [-0.39, 0.29) is 10.8 Å². The van der Waals surface area contributed by atoms with E-state index in [4.69, 9.17) is 8.75 Å². The zero-order chi connectivity index (χ0) is 63.8. The Labute approximate surface area is 548 Å². The van der Waals surface area contributed by atoms with Gasteiger partial charge >= 0.3 is 0 Å². The van der Waals surface area contributed by atoms with Crippen LogP contribution in [-0.2, 0) is 10.8 Å². The van der Waals surface area contributed by atoms with Crippen molar-refractivity contribution in [1.29, 1.82) is 10.5 Å². The van der Waals surface area contributed by atoms with Gasteiger partial charge in [-0.05, 0) is 156 Å². The van der Waals surface area contributed by atoms with Crippen LogP contribution in [0.15, 0.2) is 291 Å². The summed E-state index contributed by atoms with van der Waals surface area (Å²) < 4.78 is 12.5. The first-order chi connectivity index (χ1) is 45.3. The van der Waals surface area contributed by atoms with Gasteiger partial charge in [0.05, 0.1) is 39.6 Å². The number of anilines is 3. The molecule has 0 saturated carbocycles. The molecule has 2 aromatic heterocycles. The minimum Gasteiger partial charge on any atom is -0.309 e. The molecule has 0 atom stereocenters. The Morgan fingerprint density at radius 2 is 0.720 bits per heavy atom. The number of benzene rings is 12. The summed E-state index contributed by atoms with van der Waals surface area (Å²) in [6, 6.07) is 107. The van der Waals surface area contributed by atoms with Gasteiger partial charge in [0.25, 0.3) is 0 Å². The van der Waals surface area contributed by atoms with Crippen molar-refractivity contribution in [2.24, 2.45) is 0 Å². The average Bonchev–Trinajstić information content (AvgIpc) is 1.62. The van der Waals surface area contributed by atoms with Gasteiger partial charge in [-0.25, -0.2) is 0 Å². The number of fused-ring (bicyclic) bond motifs is 4. The van der Waals surface area contributed by atoms with Gasteiger partial charge in [0, 0.05) is 44.5 Å². The minimum atomic E-state index is 0.00846. The van der Waals surface area contributed by atoms with Gasteiger partial charge in [-0.15, -0.1) is 0 Å². The van der Waals surface area contributed by atoms with E-state index < -0.39 is 0 Å². The standard InChI is InChI=1S/C86H66N6S/c1-85(2,3)68-41-50-78-74(53-68)75-54-69(86(4,5)6)42-51-79(75)92(78)72-47-39-61(40-48-72)73-49-52-80(84-83(73)89-93-90-84)91(70-43-35-59(36-44-70)57-27-31-62(32-28-57)76(55-87)81(64-19-11-7-12-20-64)65-21-13-8-14-22-65)71-45-37-60(38-46-71)58-29-33-63(34-30-58)77(56-88)82(66-23-15-9-16-24-66)67-25-17-10-18-26-67/h7-54H,1-6H3. The van der Waals surface area contributed by atoms with Crippen LogP contribution < -0.4 is 4.90 Å². The van der Waals surface area contributed by atoms with Crippen LogP contribution in [0.2, 0.25) is 0 Å². The lowest BCUT2D eigenvalue weighted by molar-refractivity contribution is 0.590. The van der Waals surface area contributed by atoms with Crippen LogP contribution in [-0.4, -0.2) is 13.3 Å². The summed E-state index contributed by atoms with van der Waals surface area (Å²) in [5.74, 6) is 0. The van der Waals surface area contributed by atoms with Crippen LogP contribution in [0.5, 0.6) is 0 Å². The summed E-state index contributed by atoms with van der Waals surface area (Å²) in [6.45, 7) is 13.7. The molecule has 0 aliphatic carbocycles. The first-order valence-electron chi connectivity index (χ1n) is 31.5. The van der Waals surface area contributed by atoms with Crippen molar-refractivity contribution < 1.29 is 0 Å². The SMILES string of the molecule is CC(C)(C)c1ccc2c(c1)c1cc(C(C)(C)C)ccc1n2-c1ccc(-c2ccc(N(c3ccc(-c4ccc(C(C#N)=C(c5ccccc5)c5ccccc5)cc4)cc3)c3ccc(-c4ccc(C(C#N)=C(c5ccccc5)c5ccccc5)cc4)cc3)c3nsnc23)cc1. The topological polar surface area (TPSA) is 81.5 Å². The molecule has 0 bridgehead atoms. The van der Waals surface area contributed by atoms with Gasteiger partial charge in [-0.1, -0.05) is 260 Å². The largest absolute Gasteiger partial charge is 0.309 e. The lowest BCUT2D eigenvalue weighted by atomic mass is 9.85. The highest BCUT2D eigenvalue weighted by Crippen LogP contribution is 2.45. The molecule has 0 N–H and O–H groups in total. The first kappa shape index (κ1) is 59.2. The second-order valence-corrected chi connectivity index (χ2v) is 26.2. The molecule has 0 spiro atoms. The monoisotopic (exact) mass is 1210 g/mol. The molecule has 14 aromatic rings. The van der Waals surface area contributed by atoms with E-state index in [1.807, 2.05) is 72.8 Å². The number of rotatable bonds is 13. The van der Waals surface area contributed by atoms with E-state index >= 15 is 0 Å². The zero-order valence-corrected chi connectivity index (χ0v) is 53.6. The lowest BCUT2D eigenvalue weighted by Gasteiger charge is -2.26. The Bertz CT molecular complexity index is 4860. The molecule has 0 aliphatic rings. The highest BCUT2D eigenvalue weighted by molar-refractivity contribution is 7.00. The molecule has 0 radical (unpaired) electrons. The highest BCUT2D eigenvalue weighted by atomic mass is 32.1. The van der Waals surface area contributed by atoms with Gasteiger partial charge in [-0.3, -0.25) is 0 Å². The average molecular weight is 1220 g/mol. The van der Waals surface area contributed by atoms with E-state index in [9.17, 15) is 10.5 Å². The molecule has 0 amide bonds. The third-order valence-corrected chi connectivity index (χ3v) is 18.3. The molecular weight excluding hydrogens is 1150 g/mol. The fraction of sp³-hybridized carbons (Fsp3) is 0.0930. The molecule has 7 heteroatoms. The van der Waals surface area contributed by atoms with Gasteiger partial charge in [-0.2, -0.15) is 19.3 Å². The van der Waals surface area contributed by atoms with Crippen LogP contribution in [0.1, 0.15) is 86.1 Å². The maximum absolute atomic E-state index is 10.8. The molecule has 93 heavy (non-hydrogen) atoms. The van der Waals surface area contributed by atoms with Crippen LogP contribution in [0.3, 0.4) is 0 Å². The highest BCUT2D eigenvalue weighted by Gasteiger charge is 2.25. The lowest BCUT2D eigenvalue weighted by Crippen LogP contribution is -2.10. The van der Waals surface area contributed by atoms with E-state index in [1.54, 1.807) is 0 Å². The second-order valence-electron chi connectivity index (χ2n) is 25.7. The molecule has 2 heterocycles. The fourth-order valence-corrected chi connectivity index (χ4v) is 13.4. The number of nitrogens with zero attached hydrogens (tertiary/aromatic N) is 6. The molecule has 14 rings (SSSR count). The number of hydrogen-bond donors (Lipinski definition) is 0. The molecule has 0 aliphatic heterocycles. The third-order valence-electron chi connectivity index (χ3n) is 17.8. The van der Waals surface area contributed by atoms with Crippen molar-refractivity contribution in [3.8, 4) is 51.2 Å². The van der Waals surface area contributed by atoms with Gasteiger partial charge in [0.1, 0.15) is 23.2 Å². The van der Waals surface area contributed by atoms with E-state index in [0.717, 1.165) is 112 Å². The second kappa shape index (κ2) is 24.7. The summed E-state index contributed by atoms with van der Waals surface area (Å²) >= 11 is 1.22. The van der Waals surface area contributed by atoms with Crippen molar-refractivity contribution in [3.05, 3.63) is 336 Å². The van der Waals surface area contributed by atoms with Gasteiger partial charge in [0.2, 0.25) is 0 Å². The predicted molar refractivity (Wildman–Crippen MR) is 389 cm³/mol. The molecule has 6 nitrogen and oxygen atoms in total. The summed E-state index contributed by atoms with van der Waals surface area (Å²) in [4.78, 5) is 2.27. The molecule has 12 aromatic carbocycles. The summed E-state index contributed by atoms with van der Waals surface area (Å²) in [6.07, 6.45) is 0. The minimum absolute atomic E-state index is 0.00846. The van der Waals surface area contributed by atoms with Crippen LogP contribution in [0.25, 0.3) is 94.2 Å². The fourth-order valence-electron chi connectivity index (χ4n) is 12.8. The molecular formula is C86H66N6S. The molecule has 0 fully saturated rings. The van der Waals surface area contributed by atoms with E-state index in [2.05, 4.69) is 282 Å². The molecule has 0 saturated heterocycles. The Balaban J connectivity index is 0.828. The Hall–Kier alpha value is -11.5.